The van der Waals surface area contributed by atoms with Gasteiger partial charge in [-0.1, -0.05) is 6.08 Å². The van der Waals surface area contributed by atoms with Crippen molar-refractivity contribution < 1.29 is 19.9 Å². The van der Waals surface area contributed by atoms with Crippen LogP contribution in [0.1, 0.15) is 6.42 Å². The van der Waals surface area contributed by atoms with Crippen LogP contribution in [0.25, 0.3) is 0 Å². The van der Waals surface area contributed by atoms with Gasteiger partial charge in [0, 0.05) is 6.54 Å². The largest absolute Gasteiger partial charge is 0.480 e. The maximum atomic E-state index is 10.5. The van der Waals surface area contributed by atoms with Gasteiger partial charge in [-0.3, -0.25) is 9.59 Å². The summed E-state index contributed by atoms with van der Waals surface area (Å²) in [5.74, 6) is -2.08. The fourth-order valence-electron chi connectivity index (χ4n) is 0.770. The van der Waals surface area contributed by atoms with E-state index in [-0.39, 0.29) is 6.54 Å². The molecule has 4 N–H and O–H groups in total. The molecule has 1 atom stereocenters. The van der Waals surface area contributed by atoms with E-state index in [1.54, 1.807) is 0 Å². The van der Waals surface area contributed by atoms with Crippen LogP contribution in [0.4, 0.5) is 0 Å². The number of nitrogens with two attached hydrogens (primary N) is 1. The van der Waals surface area contributed by atoms with Gasteiger partial charge in [-0.2, -0.15) is 5.06 Å². The number of carboxylic acids is 1. The van der Waals surface area contributed by atoms with Gasteiger partial charge in [0.05, 0.1) is 6.42 Å². The molecule has 0 aliphatic rings. The molecule has 0 aromatic carbocycles. The molecule has 0 bridgehead atoms. The topological polar surface area (TPSA) is 104 Å². The predicted octanol–water partition coefficient (Wildman–Crippen LogP) is -0.808. The van der Waals surface area contributed by atoms with E-state index in [4.69, 9.17) is 16.0 Å². The standard InChI is InChI=1S/C7H12N2O4/c1-2-3-9(13)5(7(11)12)4-6(8)10/h2,5,13H,1,3-4H2,(H2,8,10)(H,11,12)/t5-/m0/s1. The van der Waals surface area contributed by atoms with Gasteiger partial charge in [0.1, 0.15) is 6.04 Å². The van der Waals surface area contributed by atoms with Crippen molar-refractivity contribution in [2.24, 2.45) is 5.73 Å². The molecule has 1 amide bonds. The van der Waals surface area contributed by atoms with Gasteiger partial charge in [0.25, 0.3) is 0 Å². The van der Waals surface area contributed by atoms with E-state index in [2.05, 4.69) is 6.58 Å². The highest BCUT2D eigenvalue weighted by atomic mass is 16.5. The minimum absolute atomic E-state index is 0.0375. The number of hydrogen-bond donors (Lipinski definition) is 3. The fourth-order valence-corrected chi connectivity index (χ4v) is 0.770. The van der Waals surface area contributed by atoms with Gasteiger partial charge in [-0.05, 0) is 0 Å². The molecule has 0 aromatic heterocycles. The number of amides is 1. The first-order chi connectivity index (χ1) is 5.99. The Morgan fingerprint density at radius 2 is 2.15 bits per heavy atom. The van der Waals surface area contributed by atoms with E-state index in [9.17, 15) is 9.59 Å². The SMILES string of the molecule is C=CCN(O)[C@@H](CC(N)=O)C(=O)O. The van der Waals surface area contributed by atoms with Crippen LogP contribution >= 0.6 is 0 Å². The number of hydrogen-bond acceptors (Lipinski definition) is 4. The molecule has 0 aromatic rings. The van der Waals surface area contributed by atoms with Crippen LogP contribution in [0.2, 0.25) is 0 Å². The van der Waals surface area contributed by atoms with Crippen LogP contribution in [-0.2, 0) is 9.59 Å². The van der Waals surface area contributed by atoms with Crippen molar-refractivity contribution in [2.45, 2.75) is 12.5 Å². The Morgan fingerprint density at radius 3 is 2.46 bits per heavy atom. The van der Waals surface area contributed by atoms with Crippen molar-refractivity contribution in [3.8, 4) is 0 Å². The Labute approximate surface area is 75.2 Å². The van der Waals surface area contributed by atoms with Crippen LogP contribution < -0.4 is 5.73 Å². The smallest absolute Gasteiger partial charge is 0.323 e. The molecule has 0 rings (SSSR count). The van der Waals surface area contributed by atoms with Crippen LogP contribution in [0.3, 0.4) is 0 Å². The molecule has 0 spiro atoms. The summed E-state index contributed by atoms with van der Waals surface area (Å²) < 4.78 is 0. The van der Waals surface area contributed by atoms with Crippen LogP contribution in [0.5, 0.6) is 0 Å². The Bertz CT molecular complexity index is 217. The lowest BCUT2D eigenvalue weighted by molar-refractivity contribution is -0.169. The third-order valence-corrected chi connectivity index (χ3v) is 1.36. The van der Waals surface area contributed by atoms with Crippen molar-refractivity contribution >= 4 is 11.9 Å². The van der Waals surface area contributed by atoms with Crippen molar-refractivity contribution in [1.82, 2.24) is 5.06 Å². The van der Waals surface area contributed by atoms with Gasteiger partial charge in [-0.15, -0.1) is 6.58 Å². The van der Waals surface area contributed by atoms with Gasteiger partial charge in [0.2, 0.25) is 5.91 Å². The first-order valence-corrected chi connectivity index (χ1v) is 3.56. The molecule has 0 aliphatic carbocycles. The quantitative estimate of drug-likeness (QED) is 0.373. The number of carbonyl (C=O) groups is 2. The molecule has 0 radical (unpaired) electrons. The number of aliphatic carboxylic acids is 1. The second kappa shape index (κ2) is 5.28. The highest BCUT2D eigenvalue weighted by molar-refractivity contribution is 5.83. The summed E-state index contributed by atoms with van der Waals surface area (Å²) in [7, 11) is 0. The number of primary amides is 1. The lowest BCUT2D eigenvalue weighted by atomic mass is 10.2. The average molecular weight is 188 g/mol. The number of rotatable bonds is 6. The predicted molar refractivity (Wildman–Crippen MR) is 43.9 cm³/mol. The average Bonchev–Trinajstić information content (AvgIpc) is 1.99. The summed E-state index contributed by atoms with van der Waals surface area (Å²) in [6, 6.07) is -1.31. The Kier molecular flexibility index (Phi) is 4.71. The van der Waals surface area contributed by atoms with E-state index in [0.717, 1.165) is 0 Å². The molecule has 74 valence electrons. The van der Waals surface area contributed by atoms with Gasteiger partial charge in [-0.25, -0.2) is 0 Å². The Balaban J connectivity index is 4.31. The molecule has 13 heavy (non-hydrogen) atoms. The molecule has 0 fully saturated rings. The fraction of sp³-hybridized carbons (Fsp3) is 0.429. The first-order valence-electron chi connectivity index (χ1n) is 3.56. The molecular weight excluding hydrogens is 176 g/mol. The summed E-state index contributed by atoms with van der Waals surface area (Å²) in [6.07, 6.45) is 0.886. The lowest BCUT2D eigenvalue weighted by Crippen LogP contribution is -2.41. The van der Waals surface area contributed by atoms with Crippen LogP contribution in [-0.4, -0.2) is 39.8 Å². The van der Waals surface area contributed by atoms with E-state index in [0.29, 0.717) is 5.06 Å². The maximum absolute atomic E-state index is 10.5. The molecule has 0 saturated heterocycles. The molecule has 0 saturated carbocycles. The first kappa shape index (κ1) is 11.6. The van der Waals surface area contributed by atoms with E-state index < -0.39 is 24.3 Å². The molecular formula is C7H12N2O4. The summed E-state index contributed by atoms with van der Waals surface area (Å²) in [5, 5.41) is 18.2. The van der Waals surface area contributed by atoms with Gasteiger partial charge < -0.3 is 16.0 Å². The third kappa shape index (κ3) is 4.24. The molecule has 6 heteroatoms. The number of carboxylic acid groups (broad SMARTS) is 1. The highest BCUT2D eigenvalue weighted by Gasteiger charge is 2.25. The summed E-state index contributed by atoms with van der Waals surface area (Å²) in [5.41, 5.74) is 4.80. The van der Waals surface area contributed by atoms with Crippen LogP contribution in [0.15, 0.2) is 12.7 Å². The van der Waals surface area contributed by atoms with Crippen molar-refractivity contribution in [2.75, 3.05) is 6.54 Å². The molecule has 0 heterocycles. The monoisotopic (exact) mass is 188 g/mol. The molecule has 6 nitrogen and oxygen atoms in total. The van der Waals surface area contributed by atoms with E-state index in [1.165, 1.54) is 6.08 Å². The summed E-state index contributed by atoms with van der Waals surface area (Å²) in [6.45, 7) is 3.27. The van der Waals surface area contributed by atoms with Crippen molar-refractivity contribution in [1.29, 1.82) is 0 Å². The van der Waals surface area contributed by atoms with Crippen molar-refractivity contribution in [3.63, 3.8) is 0 Å². The number of hydroxylamine groups is 2. The number of carbonyl (C=O) groups excluding carboxylic acids is 1. The van der Waals surface area contributed by atoms with E-state index in [1.807, 2.05) is 0 Å². The molecule has 0 unspecified atom stereocenters. The zero-order valence-corrected chi connectivity index (χ0v) is 7.01. The highest BCUT2D eigenvalue weighted by Crippen LogP contribution is 2.01. The molecule has 0 aliphatic heterocycles. The summed E-state index contributed by atoms with van der Waals surface area (Å²) in [4.78, 5) is 20.9. The Morgan fingerprint density at radius 1 is 1.62 bits per heavy atom. The van der Waals surface area contributed by atoms with Crippen LogP contribution in [0, 0.1) is 0 Å². The maximum Gasteiger partial charge on any atom is 0.323 e. The van der Waals surface area contributed by atoms with Gasteiger partial charge >= 0.3 is 5.97 Å². The summed E-state index contributed by atoms with van der Waals surface area (Å²) >= 11 is 0. The number of nitrogens with zero attached hydrogens (tertiary/aromatic N) is 1. The zero-order chi connectivity index (χ0) is 10.4. The van der Waals surface area contributed by atoms with Crippen molar-refractivity contribution in [3.05, 3.63) is 12.7 Å². The Hall–Kier alpha value is -1.40. The minimum atomic E-state index is -1.31. The zero-order valence-electron chi connectivity index (χ0n) is 7.01. The lowest BCUT2D eigenvalue weighted by Gasteiger charge is -2.19. The third-order valence-electron chi connectivity index (χ3n) is 1.36. The van der Waals surface area contributed by atoms with E-state index >= 15 is 0 Å². The normalized spacial score (nSPS) is 12.5. The second-order valence-electron chi connectivity index (χ2n) is 2.44. The second-order valence-corrected chi connectivity index (χ2v) is 2.44. The minimum Gasteiger partial charge on any atom is -0.480 e. The van der Waals surface area contributed by atoms with Gasteiger partial charge in [0.15, 0.2) is 0 Å².